The molecule has 0 spiro atoms. The minimum atomic E-state index is -0.424. The maximum absolute atomic E-state index is 11.8. The minimum Gasteiger partial charge on any atom is -0.467 e. The van der Waals surface area contributed by atoms with E-state index in [4.69, 9.17) is 4.42 Å². The topological polar surface area (TPSA) is 83.4 Å². The first-order chi connectivity index (χ1) is 10.6. The van der Waals surface area contributed by atoms with E-state index < -0.39 is 6.03 Å². The zero-order chi connectivity index (χ0) is 15.9. The van der Waals surface area contributed by atoms with Gasteiger partial charge in [-0.25, -0.2) is 4.79 Å². The molecule has 0 aliphatic heterocycles. The summed E-state index contributed by atoms with van der Waals surface area (Å²) in [6, 6.07) is 8.76. The van der Waals surface area contributed by atoms with Crippen LogP contribution in [0.15, 0.2) is 41.0 Å². The molecule has 0 saturated carbocycles. The summed E-state index contributed by atoms with van der Waals surface area (Å²) >= 11 is 0. The molecule has 6 nitrogen and oxygen atoms in total. The van der Waals surface area contributed by atoms with Gasteiger partial charge in [0.2, 0.25) is 5.91 Å². The molecule has 0 saturated heterocycles. The average Bonchev–Trinajstić information content (AvgIpc) is 3.01. The number of benzene rings is 1. The zero-order valence-corrected chi connectivity index (χ0v) is 12.6. The van der Waals surface area contributed by atoms with Gasteiger partial charge in [-0.3, -0.25) is 4.79 Å². The lowest BCUT2D eigenvalue weighted by atomic mass is 10.1. The quantitative estimate of drug-likeness (QED) is 0.792. The minimum absolute atomic E-state index is 0.0998. The van der Waals surface area contributed by atoms with Gasteiger partial charge in [-0.1, -0.05) is 12.1 Å². The van der Waals surface area contributed by atoms with Gasteiger partial charge in [0.15, 0.2) is 0 Å². The molecule has 2 rings (SSSR count). The second kappa shape index (κ2) is 7.31. The first kappa shape index (κ1) is 15.6. The van der Waals surface area contributed by atoms with Gasteiger partial charge in [-0.15, -0.1) is 0 Å². The van der Waals surface area contributed by atoms with E-state index >= 15 is 0 Å². The van der Waals surface area contributed by atoms with Crippen LogP contribution in [0.25, 0.3) is 0 Å². The van der Waals surface area contributed by atoms with Crippen LogP contribution in [0.4, 0.5) is 10.5 Å². The molecule has 0 fully saturated rings. The highest BCUT2D eigenvalue weighted by atomic mass is 16.3. The molecular weight excluding hydrogens is 282 g/mol. The molecule has 0 atom stereocenters. The van der Waals surface area contributed by atoms with Gasteiger partial charge in [0.1, 0.15) is 5.76 Å². The molecule has 1 aromatic carbocycles. The van der Waals surface area contributed by atoms with Gasteiger partial charge in [0.25, 0.3) is 0 Å². The number of rotatable bonds is 5. The maximum atomic E-state index is 11.8. The van der Waals surface area contributed by atoms with Crippen molar-refractivity contribution in [2.75, 3.05) is 11.9 Å². The van der Waals surface area contributed by atoms with Gasteiger partial charge in [-0.2, -0.15) is 0 Å². The van der Waals surface area contributed by atoms with Gasteiger partial charge >= 0.3 is 6.03 Å². The number of furan rings is 1. The van der Waals surface area contributed by atoms with Crippen LogP contribution in [-0.4, -0.2) is 18.5 Å². The molecule has 0 unspecified atom stereocenters. The number of urea groups is 1. The molecule has 3 N–H and O–H groups in total. The van der Waals surface area contributed by atoms with E-state index in [2.05, 4.69) is 16.0 Å². The van der Waals surface area contributed by atoms with Crippen LogP contribution >= 0.6 is 0 Å². The lowest BCUT2D eigenvalue weighted by Gasteiger charge is -2.11. The summed E-state index contributed by atoms with van der Waals surface area (Å²) in [7, 11) is 0. The fraction of sp³-hybridized carbons (Fsp3) is 0.250. The van der Waals surface area contributed by atoms with Gasteiger partial charge < -0.3 is 20.4 Å². The van der Waals surface area contributed by atoms with Crippen LogP contribution < -0.4 is 16.0 Å². The van der Waals surface area contributed by atoms with Gasteiger partial charge in [0.05, 0.1) is 19.4 Å². The van der Waals surface area contributed by atoms with E-state index in [-0.39, 0.29) is 19.0 Å². The highest BCUT2D eigenvalue weighted by Gasteiger charge is 2.08. The molecule has 116 valence electrons. The Labute approximate surface area is 128 Å². The fourth-order valence-electron chi connectivity index (χ4n) is 1.88. The average molecular weight is 301 g/mol. The summed E-state index contributed by atoms with van der Waals surface area (Å²) in [5.41, 5.74) is 2.86. The van der Waals surface area contributed by atoms with E-state index in [1.165, 1.54) is 6.26 Å². The first-order valence-electron chi connectivity index (χ1n) is 6.96. The van der Waals surface area contributed by atoms with Crippen molar-refractivity contribution in [1.82, 2.24) is 10.6 Å². The number of carbonyl (C=O) groups excluding carboxylic acids is 2. The molecule has 0 bridgehead atoms. The fourth-order valence-corrected chi connectivity index (χ4v) is 1.88. The number of aryl methyl sites for hydroxylation is 1. The third-order valence-electron chi connectivity index (χ3n) is 3.29. The molecule has 3 amide bonds. The van der Waals surface area contributed by atoms with E-state index in [0.717, 1.165) is 16.8 Å². The van der Waals surface area contributed by atoms with Crippen molar-refractivity contribution in [3.05, 3.63) is 53.5 Å². The SMILES string of the molecule is Cc1cccc(NC(=O)CNC(=O)NCc2ccco2)c1C. The van der Waals surface area contributed by atoms with Gasteiger partial charge in [-0.05, 0) is 43.2 Å². The Kier molecular flexibility index (Phi) is 5.19. The summed E-state index contributed by atoms with van der Waals surface area (Å²) in [5, 5.41) is 7.87. The standard InChI is InChI=1S/C16H19N3O3/c1-11-5-3-7-14(12(11)2)19-15(20)10-18-16(21)17-9-13-6-4-8-22-13/h3-8H,9-10H2,1-2H3,(H,19,20)(H2,17,18,21). The predicted molar refractivity (Wildman–Crippen MR) is 83.5 cm³/mol. The monoisotopic (exact) mass is 301 g/mol. The van der Waals surface area contributed by atoms with E-state index in [1.807, 2.05) is 32.0 Å². The molecule has 0 radical (unpaired) electrons. The van der Waals surface area contributed by atoms with Crippen molar-refractivity contribution in [1.29, 1.82) is 0 Å². The smallest absolute Gasteiger partial charge is 0.315 e. The molecule has 0 aliphatic carbocycles. The van der Waals surface area contributed by atoms with Crippen molar-refractivity contribution in [3.8, 4) is 0 Å². The molecule has 2 aromatic rings. The highest BCUT2D eigenvalue weighted by molar-refractivity contribution is 5.95. The van der Waals surface area contributed by atoms with Crippen LogP contribution in [-0.2, 0) is 11.3 Å². The van der Waals surface area contributed by atoms with Crippen LogP contribution in [0.5, 0.6) is 0 Å². The molecule has 22 heavy (non-hydrogen) atoms. The third-order valence-corrected chi connectivity index (χ3v) is 3.29. The lowest BCUT2D eigenvalue weighted by molar-refractivity contribution is -0.115. The number of anilines is 1. The van der Waals surface area contributed by atoms with Crippen molar-refractivity contribution in [2.24, 2.45) is 0 Å². The number of hydrogen-bond donors (Lipinski definition) is 3. The van der Waals surface area contributed by atoms with Crippen molar-refractivity contribution < 1.29 is 14.0 Å². The highest BCUT2D eigenvalue weighted by Crippen LogP contribution is 2.17. The van der Waals surface area contributed by atoms with Crippen molar-refractivity contribution >= 4 is 17.6 Å². The first-order valence-corrected chi connectivity index (χ1v) is 6.96. The van der Waals surface area contributed by atoms with Crippen LogP contribution in [0, 0.1) is 13.8 Å². The zero-order valence-electron chi connectivity index (χ0n) is 12.6. The molecule has 1 heterocycles. The lowest BCUT2D eigenvalue weighted by Crippen LogP contribution is -2.39. The summed E-state index contributed by atoms with van der Waals surface area (Å²) in [4.78, 5) is 23.4. The Balaban J connectivity index is 1.75. The number of amides is 3. The van der Waals surface area contributed by atoms with Gasteiger partial charge in [0, 0.05) is 5.69 Å². The Morgan fingerprint density at radius 1 is 1.09 bits per heavy atom. The summed E-state index contributed by atoms with van der Waals surface area (Å²) < 4.78 is 5.09. The van der Waals surface area contributed by atoms with Crippen LogP contribution in [0.1, 0.15) is 16.9 Å². The summed E-state index contributed by atoms with van der Waals surface area (Å²) in [6.07, 6.45) is 1.53. The normalized spacial score (nSPS) is 10.1. The molecule has 0 aliphatic rings. The van der Waals surface area contributed by atoms with E-state index in [9.17, 15) is 9.59 Å². The Morgan fingerprint density at radius 2 is 1.91 bits per heavy atom. The Bertz CT molecular complexity index is 651. The largest absolute Gasteiger partial charge is 0.467 e. The maximum Gasteiger partial charge on any atom is 0.315 e. The van der Waals surface area contributed by atoms with Crippen molar-refractivity contribution in [3.63, 3.8) is 0 Å². The summed E-state index contributed by atoms with van der Waals surface area (Å²) in [5.74, 6) is 0.372. The Morgan fingerprint density at radius 3 is 2.64 bits per heavy atom. The third kappa shape index (κ3) is 4.37. The van der Waals surface area contributed by atoms with Crippen molar-refractivity contribution in [2.45, 2.75) is 20.4 Å². The van der Waals surface area contributed by atoms with E-state index in [0.29, 0.717) is 5.76 Å². The molecule has 6 heteroatoms. The molecule has 1 aromatic heterocycles. The number of hydrogen-bond acceptors (Lipinski definition) is 3. The summed E-state index contributed by atoms with van der Waals surface area (Å²) in [6.45, 7) is 4.09. The van der Waals surface area contributed by atoms with Crippen LogP contribution in [0.2, 0.25) is 0 Å². The second-order valence-corrected chi connectivity index (χ2v) is 4.91. The van der Waals surface area contributed by atoms with Crippen LogP contribution in [0.3, 0.4) is 0 Å². The molecular formula is C16H19N3O3. The predicted octanol–water partition coefficient (Wildman–Crippen LogP) is 2.33. The number of carbonyl (C=O) groups is 2. The number of nitrogens with one attached hydrogen (secondary N) is 3. The van der Waals surface area contributed by atoms with E-state index in [1.54, 1.807) is 12.1 Å². The second-order valence-electron chi connectivity index (χ2n) is 4.91. The Hall–Kier alpha value is -2.76.